The van der Waals surface area contributed by atoms with Crippen molar-refractivity contribution >= 4 is 31.9 Å². The Bertz CT molecular complexity index is 222. The van der Waals surface area contributed by atoms with E-state index in [1.54, 1.807) is 0 Å². The molecule has 1 aromatic heterocycles. The van der Waals surface area contributed by atoms with Gasteiger partial charge in [0.25, 0.3) is 0 Å². The minimum absolute atomic E-state index is 0.643. The van der Waals surface area contributed by atoms with Crippen LogP contribution in [-0.4, -0.2) is 6.54 Å². The molecule has 0 bridgehead atoms. The molecule has 0 saturated heterocycles. The van der Waals surface area contributed by atoms with Crippen molar-refractivity contribution in [3.63, 3.8) is 0 Å². The summed E-state index contributed by atoms with van der Waals surface area (Å²) in [6.45, 7) is 0.643. The summed E-state index contributed by atoms with van der Waals surface area (Å²) >= 11 is 6.48. The summed E-state index contributed by atoms with van der Waals surface area (Å²) in [6, 6.07) is 1.91. The Labute approximate surface area is 76.0 Å². The second kappa shape index (κ2) is 3.55. The number of nitrogens with two attached hydrogens (primary N) is 1. The zero-order valence-electron chi connectivity index (χ0n) is 5.23. The molecular formula is C6H7Br2NO. The van der Waals surface area contributed by atoms with Crippen LogP contribution < -0.4 is 5.73 Å². The van der Waals surface area contributed by atoms with E-state index in [4.69, 9.17) is 10.2 Å². The van der Waals surface area contributed by atoms with Gasteiger partial charge in [-0.15, -0.1) is 0 Å². The first-order valence-corrected chi connectivity index (χ1v) is 4.46. The molecule has 56 valence electrons. The lowest BCUT2D eigenvalue weighted by atomic mass is 10.2. The first kappa shape index (κ1) is 8.30. The van der Waals surface area contributed by atoms with Crippen LogP contribution in [0.1, 0.15) is 5.56 Å². The van der Waals surface area contributed by atoms with E-state index in [0.29, 0.717) is 6.54 Å². The fraction of sp³-hybridized carbons (Fsp3) is 0.333. The van der Waals surface area contributed by atoms with Gasteiger partial charge in [0.1, 0.15) is 0 Å². The minimum Gasteiger partial charge on any atom is -0.442 e. The molecule has 1 heterocycles. The lowest BCUT2D eigenvalue weighted by molar-refractivity contribution is 0.513. The highest BCUT2D eigenvalue weighted by molar-refractivity contribution is 9.11. The molecular weight excluding hydrogens is 262 g/mol. The molecule has 0 atom stereocenters. The van der Waals surface area contributed by atoms with Crippen LogP contribution in [0.25, 0.3) is 0 Å². The fourth-order valence-electron chi connectivity index (χ4n) is 0.700. The van der Waals surface area contributed by atoms with Gasteiger partial charge in [0.15, 0.2) is 9.34 Å². The largest absolute Gasteiger partial charge is 0.442 e. The predicted molar refractivity (Wildman–Crippen MR) is 46.9 cm³/mol. The van der Waals surface area contributed by atoms with Crippen molar-refractivity contribution in [3.8, 4) is 0 Å². The number of rotatable bonds is 2. The van der Waals surface area contributed by atoms with Crippen molar-refractivity contribution in [2.24, 2.45) is 5.73 Å². The quantitative estimate of drug-likeness (QED) is 0.894. The Kier molecular flexibility index (Phi) is 2.95. The molecule has 0 aromatic carbocycles. The molecule has 0 aliphatic heterocycles. The maximum Gasteiger partial charge on any atom is 0.173 e. The lowest BCUT2D eigenvalue weighted by Crippen LogP contribution is -2.01. The third-order valence-electron chi connectivity index (χ3n) is 1.14. The van der Waals surface area contributed by atoms with Gasteiger partial charge in [0.2, 0.25) is 0 Å². The number of furan rings is 1. The van der Waals surface area contributed by atoms with E-state index in [0.717, 1.165) is 21.3 Å². The Morgan fingerprint density at radius 1 is 1.50 bits per heavy atom. The monoisotopic (exact) mass is 267 g/mol. The van der Waals surface area contributed by atoms with Gasteiger partial charge in [-0.2, -0.15) is 0 Å². The summed E-state index contributed by atoms with van der Waals surface area (Å²) in [4.78, 5) is 0. The molecule has 2 nitrogen and oxygen atoms in total. The SMILES string of the molecule is NCCc1cc(Br)oc1Br. The van der Waals surface area contributed by atoms with E-state index in [1.807, 2.05) is 6.07 Å². The van der Waals surface area contributed by atoms with Crippen molar-refractivity contribution in [1.82, 2.24) is 0 Å². The highest BCUT2D eigenvalue weighted by atomic mass is 79.9. The molecule has 0 radical (unpaired) electrons. The van der Waals surface area contributed by atoms with E-state index in [9.17, 15) is 0 Å². The lowest BCUT2D eigenvalue weighted by Gasteiger charge is -1.89. The van der Waals surface area contributed by atoms with Gasteiger partial charge in [-0.05, 0) is 50.9 Å². The van der Waals surface area contributed by atoms with Gasteiger partial charge in [-0.3, -0.25) is 0 Å². The van der Waals surface area contributed by atoms with Crippen LogP contribution in [0.3, 0.4) is 0 Å². The van der Waals surface area contributed by atoms with Gasteiger partial charge >= 0.3 is 0 Å². The maximum atomic E-state index is 5.36. The maximum absolute atomic E-state index is 5.36. The Hall–Kier alpha value is 0.200. The molecule has 0 aliphatic carbocycles. The molecule has 2 N–H and O–H groups in total. The van der Waals surface area contributed by atoms with E-state index < -0.39 is 0 Å². The Balaban J connectivity index is 2.81. The van der Waals surface area contributed by atoms with Crippen LogP contribution in [0.5, 0.6) is 0 Å². The highest BCUT2D eigenvalue weighted by Crippen LogP contribution is 2.25. The summed E-state index contributed by atoms with van der Waals surface area (Å²) in [6.07, 6.45) is 0.843. The average Bonchev–Trinajstić information content (AvgIpc) is 2.13. The molecule has 1 rings (SSSR count). The van der Waals surface area contributed by atoms with E-state index in [2.05, 4.69) is 31.9 Å². The summed E-state index contributed by atoms with van der Waals surface area (Å²) in [5.74, 6) is 0. The van der Waals surface area contributed by atoms with Crippen molar-refractivity contribution < 1.29 is 4.42 Å². The third kappa shape index (κ3) is 1.84. The molecule has 4 heteroatoms. The van der Waals surface area contributed by atoms with Crippen molar-refractivity contribution in [3.05, 3.63) is 21.0 Å². The summed E-state index contributed by atoms with van der Waals surface area (Å²) < 4.78 is 6.65. The first-order valence-electron chi connectivity index (χ1n) is 2.88. The summed E-state index contributed by atoms with van der Waals surface area (Å²) in [7, 11) is 0. The van der Waals surface area contributed by atoms with Crippen LogP contribution in [0.15, 0.2) is 19.8 Å². The standard InChI is InChI=1S/C6H7Br2NO/c7-5-3-4(1-2-9)6(8)10-5/h3H,1-2,9H2. The minimum atomic E-state index is 0.643. The second-order valence-corrected chi connectivity index (χ2v) is 3.39. The van der Waals surface area contributed by atoms with E-state index >= 15 is 0 Å². The number of halogens is 2. The van der Waals surface area contributed by atoms with Crippen LogP contribution in [-0.2, 0) is 6.42 Å². The topological polar surface area (TPSA) is 39.2 Å². The van der Waals surface area contributed by atoms with Gasteiger partial charge < -0.3 is 10.2 Å². The second-order valence-electron chi connectivity index (χ2n) is 1.89. The number of hydrogen-bond donors (Lipinski definition) is 1. The van der Waals surface area contributed by atoms with E-state index in [-0.39, 0.29) is 0 Å². The van der Waals surface area contributed by atoms with Gasteiger partial charge in [-0.25, -0.2) is 0 Å². The number of hydrogen-bond acceptors (Lipinski definition) is 2. The molecule has 0 amide bonds. The zero-order valence-corrected chi connectivity index (χ0v) is 8.41. The molecule has 10 heavy (non-hydrogen) atoms. The molecule has 1 aromatic rings. The molecule has 0 saturated carbocycles. The van der Waals surface area contributed by atoms with Crippen LogP contribution in [0, 0.1) is 0 Å². The van der Waals surface area contributed by atoms with Crippen LogP contribution >= 0.6 is 31.9 Å². The third-order valence-corrected chi connectivity index (χ3v) is 2.20. The molecule has 0 spiro atoms. The van der Waals surface area contributed by atoms with E-state index in [1.165, 1.54) is 0 Å². The van der Waals surface area contributed by atoms with Crippen LogP contribution in [0.4, 0.5) is 0 Å². The van der Waals surface area contributed by atoms with Gasteiger partial charge in [0.05, 0.1) is 0 Å². The summed E-state index contributed by atoms with van der Waals surface area (Å²) in [5, 5.41) is 0. The van der Waals surface area contributed by atoms with Crippen LogP contribution in [0.2, 0.25) is 0 Å². The molecule has 0 aliphatic rings. The Morgan fingerprint density at radius 3 is 2.60 bits per heavy atom. The smallest absolute Gasteiger partial charge is 0.173 e. The van der Waals surface area contributed by atoms with Crippen molar-refractivity contribution in [1.29, 1.82) is 0 Å². The van der Waals surface area contributed by atoms with Gasteiger partial charge in [0, 0.05) is 5.56 Å². The van der Waals surface area contributed by atoms with Gasteiger partial charge in [-0.1, -0.05) is 0 Å². The molecule has 0 unspecified atom stereocenters. The fourth-order valence-corrected chi connectivity index (χ4v) is 1.84. The van der Waals surface area contributed by atoms with Crippen molar-refractivity contribution in [2.45, 2.75) is 6.42 Å². The summed E-state index contributed by atoms with van der Waals surface area (Å²) in [5.41, 5.74) is 6.47. The average molecular weight is 269 g/mol. The molecule has 0 fully saturated rings. The highest BCUT2D eigenvalue weighted by Gasteiger charge is 2.04. The predicted octanol–water partition coefficient (Wildman–Crippen LogP) is 2.31. The normalized spacial score (nSPS) is 10.3. The zero-order chi connectivity index (χ0) is 7.56. The Morgan fingerprint density at radius 2 is 2.20 bits per heavy atom. The van der Waals surface area contributed by atoms with Crippen molar-refractivity contribution in [2.75, 3.05) is 6.54 Å². The first-order chi connectivity index (χ1) is 4.74.